The van der Waals surface area contributed by atoms with Crippen LogP contribution in [0.3, 0.4) is 0 Å². The van der Waals surface area contributed by atoms with Crippen molar-refractivity contribution in [3.63, 3.8) is 0 Å². The number of hydrogen-bond donors (Lipinski definition) is 1. The van der Waals surface area contributed by atoms with Crippen molar-refractivity contribution in [2.24, 2.45) is 5.10 Å². The average molecular weight is 494 g/mol. The summed E-state index contributed by atoms with van der Waals surface area (Å²) in [5, 5.41) is 13.3. The SMILES string of the molecule is Cc1ccc(-c2nnc(SCC(=O)NN=Cc3c(F)cccc3Cl)n2-c2ccc(C)cc2)cc1. The van der Waals surface area contributed by atoms with Crippen molar-refractivity contribution in [3.8, 4) is 17.1 Å². The molecule has 0 aliphatic carbocycles. The van der Waals surface area contributed by atoms with E-state index in [1.54, 1.807) is 6.07 Å². The quantitative estimate of drug-likeness (QED) is 0.207. The Balaban J connectivity index is 1.52. The molecule has 4 aromatic rings. The van der Waals surface area contributed by atoms with Crippen LogP contribution in [-0.2, 0) is 4.79 Å². The van der Waals surface area contributed by atoms with Gasteiger partial charge in [0, 0.05) is 16.8 Å². The van der Waals surface area contributed by atoms with Gasteiger partial charge in [0.15, 0.2) is 11.0 Å². The molecule has 1 amide bonds. The van der Waals surface area contributed by atoms with Crippen molar-refractivity contribution in [3.05, 3.63) is 94.3 Å². The van der Waals surface area contributed by atoms with Crippen LogP contribution in [-0.4, -0.2) is 32.6 Å². The number of benzene rings is 3. The Morgan fingerprint density at radius 1 is 1.06 bits per heavy atom. The van der Waals surface area contributed by atoms with Crippen molar-refractivity contribution < 1.29 is 9.18 Å². The van der Waals surface area contributed by atoms with Gasteiger partial charge in [-0.2, -0.15) is 5.10 Å². The van der Waals surface area contributed by atoms with Gasteiger partial charge in [0.1, 0.15) is 5.82 Å². The lowest BCUT2D eigenvalue weighted by molar-refractivity contribution is -0.118. The van der Waals surface area contributed by atoms with E-state index in [4.69, 9.17) is 11.6 Å². The number of aromatic nitrogens is 3. The monoisotopic (exact) mass is 493 g/mol. The minimum absolute atomic E-state index is 0.0419. The second-order valence-corrected chi connectivity index (χ2v) is 8.91. The molecule has 172 valence electrons. The molecule has 0 spiro atoms. The molecule has 4 rings (SSSR count). The number of aryl methyl sites for hydroxylation is 2. The fraction of sp³-hybridized carbons (Fsp3) is 0.120. The van der Waals surface area contributed by atoms with Gasteiger partial charge >= 0.3 is 0 Å². The molecule has 3 aromatic carbocycles. The molecule has 1 heterocycles. The van der Waals surface area contributed by atoms with Crippen LogP contribution in [0.15, 0.2) is 77.0 Å². The Bertz CT molecular complexity index is 1320. The first-order chi connectivity index (χ1) is 16.4. The molecule has 0 aliphatic rings. The van der Waals surface area contributed by atoms with Gasteiger partial charge in [0.25, 0.3) is 5.91 Å². The van der Waals surface area contributed by atoms with E-state index in [-0.39, 0.29) is 22.2 Å². The van der Waals surface area contributed by atoms with Crippen LogP contribution in [0.1, 0.15) is 16.7 Å². The zero-order valence-electron chi connectivity index (χ0n) is 18.5. The third-order valence-electron chi connectivity index (χ3n) is 4.95. The van der Waals surface area contributed by atoms with Crippen LogP contribution < -0.4 is 5.43 Å². The third-order valence-corrected chi connectivity index (χ3v) is 6.21. The lowest BCUT2D eigenvalue weighted by Crippen LogP contribution is -2.20. The highest BCUT2D eigenvalue weighted by atomic mass is 35.5. The molecule has 0 bridgehead atoms. The van der Waals surface area contributed by atoms with Gasteiger partial charge in [-0.1, -0.05) is 77.0 Å². The second-order valence-electron chi connectivity index (χ2n) is 7.56. The van der Waals surface area contributed by atoms with Gasteiger partial charge in [0.05, 0.1) is 17.0 Å². The molecule has 0 saturated carbocycles. The molecule has 1 N–H and O–H groups in total. The Hall–Kier alpha value is -3.49. The largest absolute Gasteiger partial charge is 0.272 e. The van der Waals surface area contributed by atoms with Crippen LogP contribution in [0.4, 0.5) is 4.39 Å². The summed E-state index contributed by atoms with van der Waals surface area (Å²) in [6.45, 7) is 4.04. The first-order valence-electron chi connectivity index (χ1n) is 10.4. The number of hydrazone groups is 1. The van der Waals surface area contributed by atoms with E-state index in [1.807, 2.05) is 66.9 Å². The van der Waals surface area contributed by atoms with Crippen LogP contribution in [0.5, 0.6) is 0 Å². The van der Waals surface area contributed by atoms with Crippen molar-refractivity contribution in [1.29, 1.82) is 0 Å². The third kappa shape index (κ3) is 5.52. The van der Waals surface area contributed by atoms with Gasteiger partial charge in [-0.25, -0.2) is 9.82 Å². The summed E-state index contributed by atoms with van der Waals surface area (Å²) in [4.78, 5) is 12.4. The minimum atomic E-state index is -0.519. The number of carbonyl (C=O) groups is 1. The molecule has 1 aromatic heterocycles. The smallest absolute Gasteiger partial charge is 0.250 e. The van der Waals surface area contributed by atoms with Gasteiger partial charge in [-0.15, -0.1) is 10.2 Å². The van der Waals surface area contributed by atoms with E-state index in [0.29, 0.717) is 11.0 Å². The van der Waals surface area contributed by atoms with Gasteiger partial charge in [0.2, 0.25) is 0 Å². The van der Waals surface area contributed by atoms with Gasteiger partial charge < -0.3 is 0 Å². The van der Waals surface area contributed by atoms with Crippen molar-refractivity contribution >= 4 is 35.5 Å². The first kappa shape index (κ1) is 23.7. The van der Waals surface area contributed by atoms with E-state index < -0.39 is 5.82 Å². The summed E-state index contributed by atoms with van der Waals surface area (Å²) in [5.74, 6) is -0.169. The molecular weight excluding hydrogens is 473 g/mol. The number of nitrogens with zero attached hydrogens (tertiary/aromatic N) is 4. The normalized spacial score (nSPS) is 11.2. The standard InChI is InChI=1S/C25H21ClFN5OS/c1-16-6-10-18(11-7-16)24-30-31-25(32(24)19-12-8-17(2)9-13-19)34-15-23(33)29-28-14-20-21(26)4-3-5-22(20)27/h3-14H,15H2,1-2H3,(H,29,33). The lowest BCUT2D eigenvalue weighted by Gasteiger charge is -2.11. The maximum absolute atomic E-state index is 13.8. The van der Waals surface area contributed by atoms with Crippen molar-refractivity contribution in [2.45, 2.75) is 19.0 Å². The highest BCUT2D eigenvalue weighted by molar-refractivity contribution is 7.99. The fourth-order valence-electron chi connectivity index (χ4n) is 3.14. The highest BCUT2D eigenvalue weighted by Gasteiger charge is 2.17. The van der Waals surface area contributed by atoms with E-state index in [9.17, 15) is 9.18 Å². The molecule has 0 aliphatic heterocycles. The van der Waals surface area contributed by atoms with Crippen molar-refractivity contribution in [1.82, 2.24) is 20.2 Å². The second kappa shape index (κ2) is 10.6. The molecule has 6 nitrogen and oxygen atoms in total. The minimum Gasteiger partial charge on any atom is -0.272 e. The summed E-state index contributed by atoms with van der Waals surface area (Å²) in [5.41, 5.74) is 6.59. The molecule has 0 fully saturated rings. The Morgan fingerprint density at radius 2 is 1.74 bits per heavy atom. The molecule has 0 saturated heterocycles. The first-order valence-corrected chi connectivity index (χ1v) is 11.8. The summed E-state index contributed by atoms with van der Waals surface area (Å²) in [6.07, 6.45) is 1.19. The predicted molar refractivity (Wildman–Crippen MR) is 134 cm³/mol. The van der Waals surface area contributed by atoms with Crippen LogP contribution in [0.25, 0.3) is 17.1 Å². The molecule has 0 unspecified atom stereocenters. The van der Waals surface area contributed by atoms with E-state index in [2.05, 4.69) is 20.7 Å². The predicted octanol–water partition coefficient (Wildman–Crippen LogP) is 5.59. The number of amides is 1. The molecule has 9 heteroatoms. The number of hydrogen-bond acceptors (Lipinski definition) is 5. The Labute approximate surface area is 205 Å². The Morgan fingerprint density at radius 3 is 2.41 bits per heavy atom. The van der Waals surface area contributed by atoms with Gasteiger partial charge in [-0.3, -0.25) is 9.36 Å². The summed E-state index contributed by atoms with van der Waals surface area (Å²) >= 11 is 7.20. The lowest BCUT2D eigenvalue weighted by atomic mass is 10.1. The molecule has 0 atom stereocenters. The van der Waals surface area contributed by atoms with E-state index in [0.717, 1.165) is 22.4 Å². The van der Waals surface area contributed by atoms with Crippen LogP contribution in [0, 0.1) is 19.7 Å². The van der Waals surface area contributed by atoms with Crippen LogP contribution in [0.2, 0.25) is 5.02 Å². The zero-order valence-corrected chi connectivity index (χ0v) is 20.1. The summed E-state index contributed by atoms with van der Waals surface area (Å²) < 4.78 is 15.7. The Kier molecular flexibility index (Phi) is 7.40. The highest BCUT2D eigenvalue weighted by Crippen LogP contribution is 2.28. The van der Waals surface area contributed by atoms with E-state index >= 15 is 0 Å². The fourth-order valence-corrected chi connectivity index (χ4v) is 4.10. The zero-order chi connectivity index (χ0) is 24.1. The number of carbonyl (C=O) groups excluding carboxylic acids is 1. The number of rotatable bonds is 7. The number of nitrogens with one attached hydrogen (secondary N) is 1. The number of halogens is 2. The maximum Gasteiger partial charge on any atom is 0.250 e. The number of thioether (sulfide) groups is 1. The maximum atomic E-state index is 13.8. The topological polar surface area (TPSA) is 72.2 Å². The summed E-state index contributed by atoms with van der Waals surface area (Å²) in [7, 11) is 0. The summed E-state index contributed by atoms with van der Waals surface area (Å²) in [6, 6.07) is 20.3. The molecule has 34 heavy (non-hydrogen) atoms. The van der Waals surface area contributed by atoms with Crippen LogP contribution >= 0.6 is 23.4 Å². The molecular formula is C25H21ClFN5OS. The van der Waals surface area contributed by atoms with Crippen molar-refractivity contribution in [2.75, 3.05) is 5.75 Å². The molecule has 0 radical (unpaired) electrons. The average Bonchev–Trinajstić information content (AvgIpc) is 3.24. The van der Waals surface area contributed by atoms with E-state index in [1.165, 1.54) is 30.1 Å². The van der Waals surface area contributed by atoms with Gasteiger partial charge in [-0.05, 0) is 38.1 Å².